The van der Waals surface area contributed by atoms with Crippen LogP contribution < -0.4 is 5.32 Å². The fourth-order valence-electron chi connectivity index (χ4n) is 2.62. The van der Waals surface area contributed by atoms with E-state index in [-0.39, 0.29) is 5.91 Å². The Labute approximate surface area is 158 Å². The minimum absolute atomic E-state index is 0.101. The Morgan fingerprint density at radius 1 is 0.923 bits per heavy atom. The maximum atomic E-state index is 12.8. The molecule has 3 aromatic rings. The topological polar surface area (TPSA) is 38.3 Å². The van der Waals surface area contributed by atoms with Gasteiger partial charge in [0.25, 0.3) is 5.91 Å². The lowest BCUT2D eigenvalue weighted by Gasteiger charge is -2.11. The van der Waals surface area contributed by atoms with Gasteiger partial charge in [0.15, 0.2) is 0 Å². The summed E-state index contributed by atoms with van der Waals surface area (Å²) in [7, 11) is 1.66. The van der Waals surface area contributed by atoms with Crippen molar-refractivity contribution in [2.45, 2.75) is 17.3 Å². The van der Waals surface area contributed by atoms with Crippen LogP contribution in [-0.2, 0) is 17.1 Å². The molecular weight excluding hydrogens is 342 g/mol. The van der Waals surface area contributed by atoms with Gasteiger partial charge in [-0.3, -0.25) is 4.79 Å². The van der Waals surface area contributed by atoms with E-state index in [9.17, 15) is 4.79 Å². The van der Waals surface area contributed by atoms with Gasteiger partial charge in [-0.2, -0.15) is 0 Å². The Hall–Kier alpha value is -2.56. The molecule has 0 spiro atoms. The predicted octanol–water partition coefficient (Wildman–Crippen LogP) is 5.38. The molecule has 0 saturated carbocycles. The summed E-state index contributed by atoms with van der Waals surface area (Å²) in [6.07, 6.45) is 0. The predicted molar refractivity (Wildman–Crippen MR) is 108 cm³/mol. The molecule has 0 aliphatic carbocycles. The van der Waals surface area contributed by atoms with Gasteiger partial charge in [-0.05, 0) is 35.4 Å². The van der Waals surface area contributed by atoms with Gasteiger partial charge in [0.1, 0.15) is 0 Å². The lowest BCUT2D eigenvalue weighted by Crippen LogP contribution is -2.13. The van der Waals surface area contributed by atoms with Gasteiger partial charge in [-0.15, -0.1) is 11.8 Å². The van der Waals surface area contributed by atoms with Crippen LogP contribution in [0.1, 0.15) is 21.5 Å². The lowest BCUT2D eigenvalue weighted by molar-refractivity contribution is 0.102. The third kappa shape index (κ3) is 4.97. The van der Waals surface area contributed by atoms with Crippen molar-refractivity contribution in [2.24, 2.45) is 0 Å². The first kappa shape index (κ1) is 18.2. The van der Waals surface area contributed by atoms with Crippen LogP contribution >= 0.6 is 11.8 Å². The SMILES string of the molecule is COCc1cccc(NC(=O)c2ccccc2SCc2ccccc2)c1. The second-order valence-electron chi connectivity index (χ2n) is 5.86. The number of hydrogen-bond donors (Lipinski definition) is 1. The van der Waals surface area contributed by atoms with Crippen molar-refractivity contribution in [2.75, 3.05) is 12.4 Å². The van der Waals surface area contributed by atoms with Crippen LogP contribution in [0.2, 0.25) is 0 Å². The Bertz CT molecular complexity index is 865. The van der Waals surface area contributed by atoms with Crippen LogP contribution in [0.5, 0.6) is 0 Å². The van der Waals surface area contributed by atoms with Crippen molar-refractivity contribution >= 4 is 23.4 Å². The molecule has 0 bridgehead atoms. The number of anilines is 1. The third-order valence-electron chi connectivity index (χ3n) is 3.86. The average molecular weight is 363 g/mol. The molecule has 0 radical (unpaired) electrons. The standard InChI is InChI=1S/C22H21NO2S/c1-25-15-18-10-7-11-19(14-18)23-22(24)20-12-5-6-13-21(20)26-16-17-8-3-2-4-9-17/h2-14H,15-16H2,1H3,(H,23,24). The monoisotopic (exact) mass is 363 g/mol. The zero-order valence-electron chi connectivity index (χ0n) is 14.6. The molecule has 0 aliphatic rings. The fourth-order valence-corrected chi connectivity index (χ4v) is 3.63. The van der Waals surface area contributed by atoms with E-state index in [4.69, 9.17) is 4.74 Å². The van der Waals surface area contributed by atoms with Crippen LogP contribution in [0, 0.1) is 0 Å². The molecule has 3 nitrogen and oxygen atoms in total. The molecule has 3 aromatic carbocycles. The molecule has 0 saturated heterocycles. The fraction of sp³-hybridized carbons (Fsp3) is 0.136. The first-order valence-electron chi connectivity index (χ1n) is 8.41. The Morgan fingerprint density at radius 2 is 1.65 bits per heavy atom. The maximum absolute atomic E-state index is 12.8. The van der Waals surface area contributed by atoms with E-state index in [1.165, 1.54) is 5.56 Å². The summed E-state index contributed by atoms with van der Waals surface area (Å²) in [5.41, 5.74) is 3.72. The van der Waals surface area contributed by atoms with Crippen LogP contribution in [0.4, 0.5) is 5.69 Å². The second-order valence-corrected chi connectivity index (χ2v) is 6.88. The highest BCUT2D eigenvalue weighted by Crippen LogP contribution is 2.27. The number of carbonyl (C=O) groups excluding carboxylic acids is 1. The van der Waals surface area contributed by atoms with E-state index >= 15 is 0 Å². The second kappa shape index (κ2) is 9.22. The number of ether oxygens (including phenoxy) is 1. The van der Waals surface area contributed by atoms with Crippen molar-refractivity contribution in [1.82, 2.24) is 0 Å². The normalized spacial score (nSPS) is 10.5. The number of hydrogen-bond acceptors (Lipinski definition) is 3. The van der Waals surface area contributed by atoms with Crippen LogP contribution in [0.3, 0.4) is 0 Å². The number of thioether (sulfide) groups is 1. The molecule has 26 heavy (non-hydrogen) atoms. The zero-order chi connectivity index (χ0) is 18.2. The van der Waals surface area contributed by atoms with Crippen molar-refractivity contribution in [1.29, 1.82) is 0 Å². The average Bonchev–Trinajstić information content (AvgIpc) is 2.68. The van der Waals surface area contributed by atoms with Crippen molar-refractivity contribution in [3.05, 3.63) is 95.6 Å². The minimum Gasteiger partial charge on any atom is -0.380 e. The van der Waals surface area contributed by atoms with E-state index in [0.717, 1.165) is 21.9 Å². The van der Waals surface area contributed by atoms with Crippen LogP contribution in [0.15, 0.2) is 83.8 Å². The van der Waals surface area contributed by atoms with Gasteiger partial charge in [0, 0.05) is 23.4 Å². The molecule has 0 unspecified atom stereocenters. The largest absolute Gasteiger partial charge is 0.380 e. The van der Waals surface area contributed by atoms with E-state index in [1.807, 2.05) is 66.7 Å². The summed E-state index contributed by atoms with van der Waals surface area (Å²) in [4.78, 5) is 13.7. The molecule has 0 aromatic heterocycles. The summed E-state index contributed by atoms with van der Waals surface area (Å²) in [6.45, 7) is 0.521. The van der Waals surface area contributed by atoms with Gasteiger partial charge in [-0.25, -0.2) is 0 Å². The van der Waals surface area contributed by atoms with Crippen molar-refractivity contribution in [3.8, 4) is 0 Å². The highest BCUT2D eigenvalue weighted by molar-refractivity contribution is 7.98. The first-order valence-corrected chi connectivity index (χ1v) is 9.40. The molecule has 1 amide bonds. The Kier molecular flexibility index (Phi) is 6.47. The quantitative estimate of drug-likeness (QED) is 0.573. The summed E-state index contributed by atoms with van der Waals surface area (Å²) >= 11 is 1.67. The van der Waals surface area contributed by atoms with Gasteiger partial charge in [0.2, 0.25) is 0 Å². The number of nitrogens with one attached hydrogen (secondary N) is 1. The molecule has 0 atom stereocenters. The molecule has 1 N–H and O–H groups in total. The Balaban J connectivity index is 1.72. The maximum Gasteiger partial charge on any atom is 0.256 e. The molecular formula is C22H21NO2S. The van der Waals surface area contributed by atoms with E-state index < -0.39 is 0 Å². The van der Waals surface area contributed by atoms with Crippen molar-refractivity contribution < 1.29 is 9.53 Å². The Morgan fingerprint density at radius 3 is 2.46 bits per heavy atom. The summed E-state index contributed by atoms with van der Waals surface area (Å²) in [6, 6.07) is 25.7. The summed E-state index contributed by atoms with van der Waals surface area (Å²) < 4.78 is 5.15. The molecule has 0 aliphatic heterocycles. The number of benzene rings is 3. The van der Waals surface area contributed by atoms with Gasteiger partial charge in [0.05, 0.1) is 12.2 Å². The molecule has 3 rings (SSSR count). The van der Waals surface area contributed by atoms with Crippen LogP contribution in [0.25, 0.3) is 0 Å². The molecule has 4 heteroatoms. The highest BCUT2D eigenvalue weighted by Gasteiger charge is 2.12. The van der Waals surface area contributed by atoms with Gasteiger partial charge < -0.3 is 10.1 Å². The van der Waals surface area contributed by atoms with Crippen LogP contribution in [-0.4, -0.2) is 13.0 Å². The molecule has 132 valence electrons. The lowest BCUT2D eigenvalue weighted by atomic mass is 10.2. The number of amides is 1. The third-order valence-corrected chi connectivity index (χ3v) is 5.01. The molecule has 0 fully saturated rings. The van der Waals surface area contributed by atoms with E-state index in [1.54, 1.807) is 18.9 Å². The number of rotatable bonds is 7. The minimum atomic E-state index is -0.101. The van der Waals surface area contributed by atoms with E-state index in [2.05, 4.69) is 17.4 Å². The van der Waals surface area contributed by atoms with Gasteiger partial charge >= 0.3 is 0 Å². The smallest absolute Gasteiger partial charge is 0.256 e. The zero-order valence-corrected chi connectivity index (χ0v) is 15.5. The summed E-state index contributed by atoms with van der Waals surface area (Å²) in [5.74, 6) is 0.727. The first-order chi connectivity index (χ1) is 12.8. The number of methoxy groups -OCH3 is 1. The molecule has 0 heterocycles. The summed E-state index contributed by atoms with van der Waals surface area (Å²) in [5, 5.41) is 2.99. The van der Waals surface area contributed by atoms with Gasteiger partial charge in [-0.1, -0.05) is 54.6 Å². The van der Waals surface area contributed by atoms with E-state index in [0.29, 0.717) is 12.2 Å². The van der Waals surface area contributed by atoms with Crippen molar-refractivity contribution in [3.63, 3.8) is 0 Å². The number of carbonyl (C=O) groups is 1. The highest BCUT2D eigenvalue weighted by atomic mass is 32.2.